The SMILES string of the molecule is O=C1CCC(N2Cc3c(OCc4ccc(Cc5cc(Oc6ccccc6)cc6nc7ccccc7cc56)cc4)cccc3C2=O)C(=O)N1. The average Bonchev–Trinajstić information content (AvgIpc) is 3.44. The lowest BCUT2D eigenvalue weighted by molar-refractivity contribution is -0.136. The summed E-state index contributed by atoms with van der Waals surface area (Å²) >= 11 is 0. The smallest absolute Gasteiger partial charge is 0.255 e. The maximum Gasteiger partial charge on any atom is 0.255 e. The molecule has 1 saturated heterocycles. The Balaban J connectivity index is 1.01. The van der Waals surface area contributed by atoms with Crippen molar-refractivity contribution >= 4 is 39.5 Å². The molecule has 0 saturated carbocycles. The number of nitrogens with one attached hydrogen (secondary N) is 1. The van der Waals surface area contributed by atoms with Gasteiger partial charge in [0, 0.05) is 34.4 Å². The lowest BCUT2D eigenvalue weighted by Crippen LogP contribution is -2.52. The zero-order valence-electron chi connectivity index (χ0n) is 26.0. The van der Waals surface area contributed by atoms with Crippen LogP contribution in [0.1, 0.15) is 45.5 Å². The molecule has 0 radical (unpaired) electrons. The second-order valence-electron chi connectivity index (χ2n) is 12.2. The highest BCUT2D eigenvalue weighted by Crippen LogP contribution is 2.35. The van der Waals surface area contributed by atoms with E-state index in [1.165, 1.54) is 4.90 Å². The van der Waals surface area contributed by atoms with Gasteiger partial charge in [0.15, 0.2) is 0 Å². The van der Waals surface area contributed by atoms with Crippen LogP contribution in [-0.2, 0) is 29.2 Å². The van der Waals surface area contributed by atoms with Crippen molar-refractivity contribution < 1.29 is 23.9 Å². The van der Waals surface area contributed by atoms with E-state index in [1.54, 1.807) is 12.1 Å². The van der Waals surface area contributed by atoms with Crippen LogP contribution in [0.15, 0.2) is 115 Å². The van der Waals surface area contributed by atoms with Gasteiger partial charge in [0.2, 0.25) is 11.8 Å². The highest BCUT2D eigenvalue weighted by atomic mass is 16.5. The van der Waals surface area contributed by atoms with Crippen molar-refractivity contribution in [2.45, 2.75) is 38.5 Å². The largest absolute Gasteiger partial charge is 0.489 e. The van der Waals surface area contributed by atoms with Crippen LogP contribution in [0.5, 0.6) is 17.2 Å². The molecule has 1 N–H and O–H groups in total. The second kappa shape index (κ2) is 12.3. The monoisotopic (exact) mass is 633 g/mol. The van der Waals surface area contributed by atoms with Crippen molar-refractivity contribution in [2.24, 2.45) is 0 Å². The van der Waals surface area contributed by atoms with Crippen LogP contribution in [0.3, 0.4) is 0 Å². The number of para-hydroxylation sites is 2. The number of carbonyl (C=O) groups is 3. The van der Waals surface area contributed by atoms with E-state index in [0.717, 1.165) is 55.6 Å². The first kappa shape index (κ1) is 29.4. The summed E-state index contributed by atoms with van der Waals surface area (Å²) in [5.41, 5.74) is 6.35. The minimum absolute atomic E-state index is 0.215. The summed E-state index contributed by atoms with van der Waals surface area (Å²) in [4.78, 5) is 43.8. The number of nitrogens with zero attached hydrogens (tertiary/aromatic N) is 2. The molecule has 2 aliphatic rings. The van der Waals surface area contributed by atoms with Gasteiger partial charge in [0.1, 0.15) is 29.9 Å². The van der Waals surface area contributed by atoms with Gasteiger partial charge in [-0.25, -0.2) is 4.98 Å². The number of ether oxygens (including phenoxy) is 2. The molecule has 0 aliphatic carbocycles. The van der Waals surface area contributed by atoms with Crippen molar-refractivity contribution in [3.63, 3.8) is 0 Å². The van der Waals surface area contributed by atoms with Gasteiger partial charge in [-0.15, -0.1) is 0 Å². The summed E-state index contributed by atoms with van der Waals surface area (Å²) in [6.45, 7) is 0.587. The van der Waals surface area contributed by atoms with E-state index >= 15 is 0 Å². The first-order valence-electron chi connectivity index (χ1n) is 16.0. The minimum atomic E-state index is -0.666. The molecule has 48 heavy (non-hydrogen) atoms. The Morgan fingerprint density at radius 1 is 0.771 bits per heavy atom. The van der Waals surface area contributed by atoms with E-state index in [4.69, 9.17) is 14.5 Å². The molecule has 5 aromatic carbocycles. The lowest BCUT2D eigenvalue weighted by Gasteiger charge is -2.29. The minimum Gasteiger partial charge on any atom is -0.489 e. The molecular weight excluding hydrogens is 602 g/mol. The molecule has 6 aromatic rings. The van der Waals surface area contributed by atoms with Gasteiger partial charge in [-0.2, -0.15) is 0 Å². The van der Waals surface area contributed by atoms with E-state index in [0.29, 0.717) is 30.8 Å². The number of fused-ring (bicyclic) bond motifs is 3. The fourth-order valence-corrected chi connectivity index (χ4v) is 6.58. The van der Waals surface area contributed by atoms with Crippen molar-refractivity contribution in [2.75, 3.05) is 0 Å². The summed E-state index contributed by atoms with van der Waals surface area (Å²) < 4.78 is 12.5. The third kappa shape index (κ3) is 5.73. The summed E-state index contributed by atoms with van der Waals surface area (Å²) in [6, 6.07) is 37.2. The number of pyridine rings is 1. The Morgan fingerprint density at radius 3 is 2.40 bits per heavy atom. The number of piperidine rings is 1. The Labute approximate surface area is 276 Å². The number of hydrogen-bond donors (Lipinski definition) is 1. The Kier molecular flexibility index (Phi) is 7.53. The van der Waals surface area contributed by atoms with E-state index in [9.17, 15) is 14.4 Å². The molecule has 0 spiro atoms. The summed E-state index contributed by atoms with van der Waals surface area (Å²) in [7, 11) is 0. The molecule has 1 unspecified atom stereocenters. The lowest BCUT2D eigenvalue weighted by atomic mass is 9.98. The summed E-state index contributed by atoms with van der Waals surface area (Å²) in [6.07, 6.45) is 1.22. The summed E-state index contributed by atoms with van der Waals surface area (Å²) in [5, 5.41) is 4.52. The standard InChI is InChI=1S/C40H31N3O5/c44-38-18-17-36(39(45)42-38)43-23-33-31(40(43)46)10-6-12-37(33)47-24-26-15-13-25(14-16-26)19-28-20-30(48-29-8-2-1-3-9-29)22-35-32(28)21-27-7-4-5-11-34(27)41-35/h1-16,20-22,36H,17-19,23-24H2,(H,42,44,45). The molecule has 3 amide bonds. The fraction of sp³-hybridized carbons (Fsp3) is 0.150. The van der Waals surface area contributed by atoms with Gasteiger partial charge < -0.3 is 14.4 Å². The van der Waals surface area contributed by atoms with Crippen LogP contribution in [0, 0.1) is 0 Å². The molecular formula is C40H31N3O5. The van der Waals surface area contributed by atoms with Crippen LogP contribution in [0.4, 0.5) is 0 Å². The number of aromatic nitrogens is 1. The first-order valence-corrected chi connectivity index (χ1v) is 16.0. The van der Waals surface area contributed by atoms with Gasteiger partial charge >= 0.3 is 0 Å². The van der Waals surface area contributed by atoms with Crippen molar-refractivity contribution in [1.29, 1.82) is 0 Å². The van der Waals surface area contributed by atoms with E-state index in [2.05, 4.69) is 47.8 Å². The van der Waals surface area contributed by atoms with Crippen molar-refractivity contribution in [3.8, 4) is 17.2 Å². The van der Waals surface area contributed by atoms with Gasteiger partial charge in [0.05, 0.1) is 17.6 Å². The normalized spacial score (nSPS) is 15.9. The van der Waals surface area contributed by atoms with Crippen LogP contribution >= 0.6 is 0 Å². The van der Waals surface area contributed by atoms with Crippen LogP contribution in [-0.4, -0.2) is 33.6 Å². The highest BCUT2D eigenvalue weighted by Gasteiger charge is 2.40. The molecule has 8 rings (SSSR count). The molecule has 8 heteroatoms. The number of hydrogen-bond acceptors (Lipinski definition) is 6. The molecule has 1 atom stereocenters. The van der Waals surface area contributed by atoms with Crippen molar-refractivity contribution in [3.05, 3.63) is 143 Å². The highest BCUT2D eigenvalue weighted by molar-refractivity contribution is 6.05. The zero-order chi connectivity index (χ0) is 32.6. The fourth-order valence-electron chi connectivity index (χ4n) is 6.58. The molecule has 2 aliphatic heterocycles. The number of carbonyl (C=O) groups excluding carboxylic acids is 3. The maximum atomic E-state index is 13.2. The molecule has 0 bridgehead atoms. The number of imide groups is 1. The molecule has 236 valence electrons. The summed E-state index contributed by atoms with van der Waals surface area (Å²) in [5.74, 6) is 1.17. The molecule has 1 fully saturated rings. The third-order valence-corrected chi connectivity index (χ3v) is 9.02. The molecule has 8 nitrogen and oxygen atoms in total. The maximum absolute atomic E-state index is 13.2. The zero-order valence-corrected chi connectivity index (χ0v) is 26.0. The number of rotatable bonds is 8. The quantitative estimate of drug-likeness (QED) is 0.142. The predicted molar refractivity (Wildman–Crippen MR) is 182 cm³/mol. The molecule has 3 heterocycles. The van der Waals surface area contributed by atoms with Gasteiger partial charge in [-0.1, -0.05) is 66.7 Å². The van der Waals surface area contributed by atoms with Crippen LogP contribution < -0.4 is 14.8 Å². The average molecular weight is 634 g/mol. The van der Waals surface area contributed by atoms with Crippen molar-refractivity contribution in [1.82, 2.24) is 15.2 Å². The van der Waals surface area contributed by atoms with E-state index in [1.807, 2.05) is 60.7 Å². The van der Waals surface area contributed by atoms with Gasteiger partial charge in [-0.3, -0.25) is 19.7 Å². The number of amides is 3. The topological polar surface area (TPSA) is 97.8 Å². The van der Waals surface area contributed by atoms with Crippen LogP contribution in [0.25, 0.3) is 21.8 Å². The third-order valence-electron chi connectivity index (χ3n) is 9.02. The van der Waals surface area contributed by atoms with Gasteiger partial charge in [0.25, 0.3) is 5.91 Å². The van der Waals surface area contributed by atoms with E-state index in [-0.39, 0.29) is 24.8 Å². The number of benzene rings is 5. The Bertz CT molecular complexity index is 2220. The van der Waals surface area contributed by atoms with Gasteiger partial charge in [-0.05, 0) is 72.0 Å². The van der Waals surface area contributed by atoms with E-state index < -0.39 is 11.9 Å². The Morgan fingerprint density at radius 2 is 1.56 bits per heavy atom. The predicted octanol–water partition coefficient (Wildman–Crippen LogP) is 7.11. The molecule has 1 aromatic heterocycles. The second-order valence-corrected chi connectivity index (χ2v) is 12.2. The first-order chi connectivity index (χ1) is 23.5. The van der Waals surface area contributed by atoms with Crippen LogP contribution in [0.2, 0.25) is 0 Å². The Hall–Kier alpha value is -6.02.